The predicted molar refractivity (Wildman–Crippen MR) is 130 cm³/mol. The van der Waals surface area contributed by atoms with Crippen molar-refractivity contribution in [1.82, 2.24) is 20.3 Å². The molecule has 1 saturated heterocycles. The zero-order chi connectivity index (χ0) is 23.9. The molecule has 3 N–H and O–H groups in total. The maximum atomic E-state index is 13.0. The summed E-state index contributed by atoms with van der Waals surface area (Å²) in [5, 5.41) is 16.4. The van der Waals surface area contributed by atoms with Gasteiger partial charge >= 0.3 is 0 Å². The molecule has 1 fully saturated rings. The van der Waals surface area contributed by atoms with E-state index >= 15 is 0 Å². The number of hydrogen-bond acceptors (Lipinski definition) is 8. The highest BCUT2D eigenvalue weighted by Crippen LogP contribution is 2.29. The fourth-order valence-corrected chi connectivity index (χ4v) is 4.25. The van der Waals surface area contributed by atoms with Crippen LogP contribution in [-0.2, 0) is 13.1 Å². The first-order chi connectivity index (χ1) is 16.6. The third-order valence-electron chi connectivity index (χ3n) is 5.73. The van der Waals surface area contributed by atoms with Crippen molar-refractivity contribution >= 4 is 28.9 Å². The number of amides is 1. The van der Waals surface area contributed by atoms with E-state index < -0.39 is 0 Å². The lowest BCUT2D eigenvalue weighted by Crippen LogP contribution is -2.32. The van der Waals surface area contributed by atoms with Gasteiger partial charge in [0, 0.05) is 25.5 Å². The molecule has 0 radical (unpaired) electrons. The molecule has 3 heterocycles. The van der Waals surface area contributed by atoms with E-state index in [0.29, 0.717) is 28.8 Å². The SMILES string of the molecule is COc1ccc(CNc2cc(N3CCC[C@H]3CO)cnc2C(=O)NCc2ncccn2)cc1Cl. The number of aromatic nitrogens is 3. The molecule has 9 nitrogen and oxygen atoms in total. The minimum absolute atomic E-state index is 0.0463. The second-order valence-electron chi connectivity index (χ2n) is 7.93. The first kappa shape index (κ1) is 23.7. The molecule has 1 atom stereocenters. The Morgan fingerprint density at radius 3 is 2.79 bits per heavy atom. The van der Waals surface area contributed by atoms with Crippen LogP contribution in [0.3, 0.4) is 0 Å². The topological polar surface area (TPSA) is 112 Å². The molecule has 34 heavy (non-hydrogen) atoms. The van der Waals surface area contributed by atoms with E-state index in [1.54, 1.807) is 37.8 Å². The number of carbonyl (C=O) groups is 1. The summed E-state index contributed by atoms with van der Waals surface area (Å²) < 4.78 is 5.22. The number of carbonyl (C=O) groups excluding carboxylic acids is 1. The molecule has 0 unspecified atom stereocenters. The van der Waals surface area contributed by atoms with Crippen molar-refractivity contribution in [3.8, 4) is 5.75 Å². The number of nitrogens with zero attached hydrogens (tertiary/aromatic N) is 4. The predicted octanol–water partition coefficient (Wildman–Crippen LogP) is 3.04. The van der Waals surface area contributed by atoms with Crippen molar-refractivity contribution in [3.63, 3.8) is 0 Å². The molecule has 1 aliphatic rings. The number of halogens is 1. The monoisotopic (exact) mass is 482 g/mol. The summed E-state index contributed by atoms with van der Waals surface area (Å²) in [7, 11) is 1.57. The van der Waals surface area contributed by atoms with Gasteiger partial charge in [0.15, 0.2) is 5.69 Å². The number of methoxy groups -OCH3 is 1. The summed E-state index contributed by atoms with van der Waals surface area (Å²) in [4.78, 5) is 27.9. The van der Waals surface area contributed by atoms with Gasteiger partial charge in [0.1, 0.15) is 11.6 Å². The van der Waals surface area contributed by atoms with Crippen LogP contribution in [0.5, 0.6) is 5.75 Å². The molecule has 4 rings (SSSR count). The highest BCUT2D eigenvalue weighted by Gasteiger charge is 2.25. The second-order valence-corrected chi connectivity index (χ2v) is 8.34. The smallest absolute Gasteiger partial charge is 0.272 e. The lowest BCUT2D eigenvalue weighted by Gasteiger charge is -2.26. The fourth-order valence-electron chi connectivity index (χ4n) is 3.97. The van der Waals surface area contributed by atoms with Crippen LogP contribution < -0.4 is 20.3 Å². The van der Waals surface area contributed by atoms with Gasteiger partial charge in [-0.15, -0.1) is 0 Å². The summed E-state index contributed by atoms with van der Waals surface area (Å²) in [6, 6.07) is 9.20. The van der Waals surface area contributed by atoms with Crippen LogP contribution in [0.1, 0.15) is 34.7 Å². The number of ether oxygens (including phenoxy) is 1. The van der Waals surface area contributed by atoms with E-state index in [4.69, 9.17) is 16.3 Å². The molecule has 3 aromatic rings. The van der Waals surface area contributed by atoms with Crippen molar-refractivity contribution in [2.45, 2.75) is 32.0 Å². The van der Waals surface area contributed by atoms with E-state index in [0.717, 1.165) is 30.6 Å². The standard InChI is InChI=1S/C24H27ClN6O3/c1-34-21-6-5-16(10-19(21)25)12-28-20-11-18(31-9-2-4-17(31)15-32)13-29-23(20)24(33)30-14-22-26-7-3-8-27-22/h3,5-8,10-11,13,17,28,32H,2,4,9,12,14-15H2,1H3,(H,30,33)/t17-/m0/s1. The van der Waals surface area contributed by atoms with Gasteiger partial charge in [0.2, 0.25) is 0 Å². The van der Waals surface area contributed by atoms with Gasteiger partial charge in [0.05, 0.1) is 48.9 Å². The van der Waals surface area contributed by atoms with Gasteiger partial charge in [-0.05, 0) is 42.7 Å². The number of anilines is 2. The van der Waals surface area contributed by atoms with Crippen LogP contribution in [0.25, 0.3) is 0 Å². The highest BCUT2D eigenvalue weighted by atomic mass is 35.5. The third-order valence-corrected chi connectivity index (χ3v) is 6.03. The lowest BCUT2D eigenvalue weighted by molar-refractivity contribution is 0.0945. The third kappa shape index (κ3) is 5.55. The molecule has 10 heteroatoms. The maximum Gasteiger partial charge on any atom is 0.272 e. The fraction of sp³-hybridized carbons (Fsp3) is 0.333. The molecule has 1 aliphatic heterocycles. The van der Waals surface area contributed by atoms with Crippen LogP contribution in [0.15, 0.2) is 48.9 Å². The van der Waals surface area contributed by atoms with Gasteiger partial charge in [0.25, 0.3) is 5.91 Å². The van der Waals surface area contributed by atoms with E-state index in [1.807, 2.05) is 18.2 Å². The van der Waals surface area contributed by atoms with Crippen molar-refractivity contribution in [3.05, 3.63) is 71.0 Å². The van der Waals surface area contributed by atoms with Crippen molar-refractivity contribution < 1.29 is 14.6 Å². The van der Waals surface area contributed by atoms with Crippen molar-refractivity contribution in [2.75, 3.05) is 30.5 Å². The first-order valence-electron chi connectivity index (χ1n) is 11.1. The average molecular weight is 483 g/mol. The van der Waals surface area contributed by atoms with Gasteiger partial charge in [-0.25, -0.2) is 15.0 Å². The number of benzene rings is 1. The van der Waals surface area contributed by atoms with Gasteiger partial charge in [-0.3, -0.25) is 4.79 Å². The van der Waals surface area contributed by atoms with Crippen LogP contribution in [0, 0.1) is 0 Å². The first-order valence-corrected chi connectivity index (χ1v) is 11.4. The maximum absolute atomic E-state index is 13.0. The molecule has 0 bridgehead atoms. The molecular formula is C24H27ClN6O3. The number of pyridine rings is 1. The molecule has 178 valence electrons. The Morgan fingerprint density at radius 2 is 2.06 bits per heavy atom. The summed E-state index contributed by atoms with van der Waals surface area (Å²) >= 11 is 6.26. The van der Waals surface area contributed by atoms with Crippen LogP contribution in [0.4, 0.5) is 11.4 Å². The number of aliphatic hydroxyl groups is 1. The van der Waals surface area contributed by atoms with E-state index in [2.05, 4.69) is 30.5 Å². The molecule has 1 aromatic carbocycles. The Balaban J connectivity index is 1.56. The zero-order valence-corrected chi connectivity index (χ0v) is 19.6. The summed E-state index contributed by atoms with van der Waals surface area (Å²) in [6.07, 6.45) is 6.85. The van der Waals surface area contributed by atoms with Gasteiger partial charge in [-0.2, -0.15) is 0 Å². The lowest BCUT2D eigenvalue weighted by atomic mass is 10.2. The summed E-state index contributed by atoms with van der Waals surface area (Å²) in [5.41, 5.74) is 2.63. The van der Waals surface area contributed by atoms with E-state index in [9.17, 15) is 9.90 Å². The second kappa shape index (κ2) is 11.1. The number of aliphatic hydroxyl groups excluding tert-OH is 1. The minimum atomic E-state index is -0.339. The Labute approximate surface area is 203 Å². The quantitative estimate of drug-likeness (QED) is 0.426. The number of rotatable bonds is 9. The highest BCUT2D eigenvalue weighted by molar-refractivity contribution is 6.32. The minimum Gasteiger partial charge on any atom is -0.495 e. The normalized spacial score (nSPS) is 15.3. The molecule has 2 aromatic heterocycles. The van der Waals surface area contributed by atoms with Crippen LogP contribution in [-0.4, -0.2) is 52.3 Å². The Bertz CT molecular complexity index is 1130. The Hall–Kier alpha value is -3.43. The summed E-state index contributed by atoms with van der Waals surface area (Å²) in [6.45, 7) is 1.53. The van der Waals surface area contributed by atoms with Crippen LogP contribution >= 0.6 is 11.6 Å². The Kier molecular flexibility index (Phi) is 7.76. The largest absolute Gasteiger partial charge is 0.495 e. The summed E-state index contributed by atoms with van der Waals surface area (Å²) in [5.74, 6) is 0.772. The van der Waals surface area contributed by atoms with Crippen molar-refractivity contribution in [1.29, 1.82) is 0 Å². The van der Waals surface area contributed by atoms with Gasteiger partial charge < -0.3 is 25.4 Å². The van der Waals surface area contributed by atoms with E-state index in [-0.39, 0.29) is 30.8 Å². The average Bonchev–Trinajstić information content (AvgIpc) is 3.35. The van der Waals surface area contributed by atoms with Crippen molar-refractivity contribution in [2.24, 2.45) is 0 Å². The molecule has 1 amide bonds. The zero-order valence-electron chi connectivity index (χ0n) is 18.9. The molecule has 0 aliphatic carbocycles. The number of hydrogen-bond donors (Lipinski definition) is 3. The van der Waals surface area contributed by atoms with Crippen LogP contribution in [0.2, 0.25) is 5.02 Å². The molecule has 0 spiro atoms. The molecule has 0 saturated carbocycles. The molecular weight excluding hydrogens is 456 g/mol. The van der Waals surface area contributed by atoms with Gasteiger partial charge in [-0.1, -0.05) is 17.7 Å². The van der Waals surface area contributed by atoms with E-state index in [1.165, 1.54) is 0 Å². The Morgan fingerprint density at radius 1 is 1.24 bits per heavy atom. The number of nitrogens with one attached hydrogen (secondary N) is 2.